The van der Waals surface area contributed by atoms with E-state index in [9.17, 15) is 13.2 Å². The van der Waals surface area contributed by atoms with Crippen LogP contribution in [-0.2, 0) is 14.6 Å². The van der Waals surface area contributed by atoms with Gasteiger partial charge in [-0.05, 0) is 75.0 Å². The van der Waals surface area contributed by atoms with Crippen LogP contribution in [0.1, 0.15) is 51.9 Å². The van der Waals surface area contributed by atoms with Crippen LogP contribution in [0.25, 0.3) is 0 Å². The lowest BCUT2D eigenvalue weighted by molar-refractivity contribution is -0.127. The molecule has 2 unspecified atom stereocenters. The van der Waals surface area contributed by atoms with Crippen LogP contribution >= 0.6 is 12.4 Å². The Morgan fingerprint density at radius 1 is 1.17 bits per heavy atom. The van der Waals surface area contributed by atoms with Gasteiger partial charge in [0.15, 0.2) is 0 Å². The lowest BCUT2D eigenvalue weighted by Gasteiger charge is -2.59. The third kappa shape index (κ3) is 4.25. The topological polar surface area (TPSA) is 89.3 Å². The zero-order chi connectivity index (χ0) is 16.8. The van der Waals surface area contributed by atoms with E-state index in [0.717, 1.165) is 17.8 Å². The van der Waals surface area contributed by atoms with Crippen molar-refractivity contribution in [3.05, 3.63) is 0 Å². The molecule has 1 amide bonds. The minimum absolute atomic E-state index is 0. The summed E-state index contributed by atoms with van der Waals surface area (Å²) in [6, 6.07) is -0.603. The number of nitrogens with two attached hydrogens (primary N) is 1. The second-order valence-corrected chi connectivity index (χ2v) is 10.8. The van der Waals surface area contributed by atoms with Crippen molar-refractivity contribution in [3.8, 4) is 0 Å². The maximum Gasteiger partial charge on any atom is 0.237 e. The van der Waals surface area contributed by atoms with Crippen molar-refractivity contribution in [1.29, 1.82) is 0 Å². The lowest BCUT2D eigenvalue weighted by atomic mass is 9.48. The molecule has 0 spiro atoms. The van der Waals surface area contributed by atoms with Gasteiger partial charge < -0.3 is 11.1 Å². The van der Waals surface area contributed by atoms with Crippen molar-refractivity contribution in [2.24, 2.45) is 28.9 Å². The van der Waals surface area contributed by atoms with Crippen LogP contribution in [-0.4, -0.2) is 38.4 Å². The van der Waals surface area contributed by atoms with Crippen molar-refractivity contribution >= 4 is 28.2 Å². The maximum absolute atomic E-state index is 12.3. The molecule has 4 bridgehead atoms. The molecule has 2 atom stereocenters. The molecule has 4 rings (SSSR count). The molecule has 4 aliphatic carbocycles. The predicted octanol–water partition coefficient (Wildman–Crippen LogP) is 1.89. The van der Waals surface area contributed by atoms with E-state index >= 15 is 0 Å². The smallest absolute Gasteiger partial charge is 0.237 e. The number of halogens is 1. The summed E-state index contributed by atoms with van der Waals surface area (Å²) < 4.78 is 22.4. The van der Waals surface area contributed by atoms with Crippen molar-refractivity contribution in [2.45, 2.75) is 64.0 Å². The van der Waals surface area contributed by atoms with Crippen LogP contribution in [0.4, 0.5) is 0 Å². The quantitative estimate of drug-likeness (QED) is 0.738. The Balaban J connectivity index is 0.00000208. The van der Waals surface area contributed by atoms with Gasteiger partial charge in [-0.3, -0.25) is 4.79 Å². The van der Waals surface area contributed by atoms with Crippen molar-refractivity contribution in [1.82, 2.24) is 5.32 Å². The highest BCUT2D eigenvalue weighted by Crippen LogP contribution is 2.61. The van der Waals surface area contributed by atoms with Crippen molar-refractivity contribution in [3.63, 3.8) is 0 Å². The van der Waals surface area contributed by atoms with Gasteiger partial charge in [-0.15, -0.1) is 12.4 Å². The van der Waals surface area contributed by atoms with Crippen LogP contribution < -0.4 is 11.1 Å². The number of hydrogen-bond donors (Lipinski definition) is 2. The average Bonchev–Trinajstić information content (AvgIpc) is 2.42. The summed E-state index contributed by atoms with van der Waals surface area (Å²) in [5, 5.41) is 3.11. The first-order chi connectivity index (χ1) is 10.7. The van der Waals surface area contributed by atoms with Crippen molar-refractivity contribution < 1.29 is 13.2 Å². The third-order valence-electron chi connectivity index (χ3n) is 6.50. The zero-order valence-electron chi connectivity index (χ0n) is 14.7. The molecule has 24 heavy (non-hydrogen) atoms. The Bertz CT molecular complexity index is 543. The van der Waals surface area contributed by atoms with E-state index in [2.05, 4.69) is 12.2 Å². The third-order valence-corrected chi connectivity index (χ3v) is 7.48. The van der Waals surface area contributed by atoms with Gasteiger partial charge in [0.2, 0.25) is 5.91 Å². The highest BCUT2D eigenvalue weighted by atomic mass is 35.5. The number of nitrogens with one attached hydrogen (secondary N) is 1. The van der Waals surface area contributed by atoms with Gasteiger partial charge in [0.05, 0.1) is 11.8 Å². The minimum atomic E-state index is -3.08. The Hall–Kier alpha value is -0.330. The number of hydrogen-bond acceptors (Lipinski definition) is 4. The fourth-order valence-corrected chi connectivity index (χ4v) is 6.34. The number of amides is 1. The van der Waals surface area contributed by atoms with Gasteiger partial charge in [-0.1, -0.05) is 0 Å². The van der Waals surface area contributed by atoms with E-state index in [-0.39, 0.29) is 41.9 Å². The first-order valence-electron chi connectivity index (χ1n) is 8.90. The summed E-state index contributed by atoms with van der Waals surface area (Å²) in [5.74, 6) is 2.31. The normalized spacial score (nSPS) is 36.7. The summed E-state index contributed by atoms with van der Waals surface area (Å²) in [6.07, 6.45) is 9.22. The van der Waals surface area contributed by atoms with Crippen LogP contribution in [0.15, 0.2) is 0 Å². The first kappa shape index (κ1) is 20.0. The highest BCUT2D eigenvalue weighted by Gasteiger charge is 2.53. The van der Waals surface area contributed by atoms with Crippen LogP contribution in [0.5, 0.6) is 0 Å². The molecule has 0 aromatic rings. The molecule has 7 heteroatoms. The molecule has 0 radical (unpaired) electrons. The van der Waals surface area contributed by atoms with Gasteiger partial charge in [0.25, 0.3) is 0 Å². The summed E-state index contributed by atoms with van der Waals surface area (Å²) in [5.41, 5.74) is 6.14. The fraction of sp³-hybridized carbons (Fsp3) is 0.941. The molecule has 3 N–H and O–H groups in total. The highest BCUT2D eigenvalue weighted by molar-refractivity contribution is 7.90. The van der Waals surface area contributed by atoms with Crippen LogP contribution in [0.2, 0.25) is 0 Å². The van der Waals surface area contributed by atoms with E-state index in [1.165, 1.54) is 44.8 Å². The van der Waals surface area contributed by atoms with Crippen molar-refractivity contribution in [2.75, 3.05) is 12.0 Å². The fourth-order valence-electron chi connectivity index (χ4n) is 5.65. The molecule has 0 aromatic carbocycles. The molecule has 4 fully saturated rings. The molecule has 0 aliphatic heterocycles. The second kappa shape index (κ2) is 7.12. The number of carbonyl (C=O) groups excluding carboxylic acids is 1. The second-order valence-electron chi connectivity index (χ2n) is 8.54. The lowest BCUT2D eigenvalue weighted by Crippen LogP contribution is -2.57. The monoisotopic (exact) mass is 378 g/mol. The molecule has 4 aliphatic rings. The van der Waals surface area contributed by atoms with E-state index < -0.39 is 15.9 Å². The van der Waals surface area contributed by atoms with Gasteiger partial charge in [-0.2, -0.15) is 0 Å². The van der Waals surface area contributed by atoms with Gasteiger partial charge in [0.1, 0.15) is 9.84 Å². The molecule has 140 valence electrons. The Morgan fingerprint density at radius 2 is 1.62 bits per heavy atom. The number of carbonyl (C=O) groups is 1. The summed E-state index contributed by atoms with van der Waals surface area (Å²) >= 11 is 0. The van der Waals surface area contributed by atoms with Crippen LogP contribution in [0.3, 0.4) is 0 Å². The minimum Gasteiger partial charge on any atom is -0.352 e. The zero-order valence-corrected chi connectivity index (χ0v) is 16.3. The standard InChI is InChI=1S/C17H30N2O3S.ClH/c1-11(19-16(20)15(18)3-4-23(2,21)22)17-8-12-5-13(9-17)7-14(6-12)10-17;/h11-15H,3-10,18H2,1-2H3,(H,19,20);1H. The molecule has 0 saturated heterocycles. The molecule has 5 nitrogen and oxygen atoms in total. The predicted molar refractivity (Wildman–Crippen MR) is 97.8 cm³/mol. The van der Waals surface area contributed by atoms with E-state index in [1.807, 2.05) is 0 Å². The Kier molecular flexibility index (Phi) is 5.93. The van der Waals surface area contributed by atoms with E-state index in [4.69, 9.17) is 5.73 Å². The Morgan fingerprint density at radius 3 is 2.04 bits per heavy atom. The number of sulfone groups is 1. The summed E-state index contributed by atoms with van der Waals surface area (Å²) in [7, 11) is -3.08. The molecule has 4 saturated carbocycles. The average molecular weight is 379 g/mol. The van der Waals surface area contributed by atoms with Gasteiger partial charge in [0, 0.05) is 12.3 Å². The summed E-state index contributed by atoms with van der Waals surface area (Å²) in [4.78, 5) is 12.3. The maximum atomic E-state index is 12.3. The molecule has 0 heterocycles. The van der Waals surface area contributed by atoms with Crippen LogP contribution in [0, 0.1) is 23.2 Å². The summed E-state index contributed by atoms with van der Waals surface area (Å²) in [6.45, 7) is 2.12. The SMILES string of the molecule is CC(NC(=O)C(N)CCS(C)(=O)=O)C12CC3CC(CC(C3)C1)C2.Cl. The van der Waals surface area contributed by atoms with E-state index in [1.54, 1.807) is 0 Å². The molecular weight excluding hydrogens is 348 g/mol. The first-order valence-corrected chi connectivity index (χ1v) is 11.0. The van der Waals surface area contributed by atoms with Gasteiger partial charge in [-0.25, -0.2) is 8.42 Å². The van der Waals surface area contributed by atoms with Gasteiger partial charge >= 0.3 is 0 Å². The largest absolute Gasteiger partial charge is 0.352 e. The Labute approximate surface area is 151 Å². The molecule has 0 aromatic heterocycles. The van der Waals surface area contributed by atoms with E-state index in [0.29, 0.717) is 0 Å². The number of rotatable bonds is 6. The molecular formula is C17H31ClN2O3S.